The molecule has 84 valence electrons. The minimum Gasteiger partial charge on any atom is -0.320 e. The molecule has 0 aliphatic carbocycles. The molecule has 2 rings (SSSR count). The Labute approximate surface area is 104 Å². The van der Waals surface area contributed by atoms with Crippen LogP contribution in [0, 0.1) is 11.6 Å². The molecule has 2 N–H and O–H groups in total. The molecule has 1 atom stereocenters. The van der Waals surface area contributed by atoms with Gasteiger partial charge in [0.05, 0.1) is 9.83 Å². The van der Waals surface area contributed by atoms with Crippen molar-refractivity contribution in [1.29, 1.82) is 0 Å². The summed E-state index contributed by atoms with van der Waals surface area (Å²) in [6.45, 7) is 0. The number of hydrogen-bond acceptors (Lipinski definition) is 2. The van der Waals surface area contributed by atoms with E-state index in [9.17, 15) is 8.78 Å². The molecule has 1 unspecified atom stereocenters. The first-order chi connectivity index (χ1) is 7.56. The van der Waals surface area contributed by atoms with Crippen LogP contribution in [0.2, 0.25) is 0 Å². The van der Waals surface area contributed by atoms with Gasteiger partial charge in [-0.2, -0.15) is 0 Å². The standard InChI is InChI=1S/C11H8BrF2NS/c12-10-3-7(5-16-10)11(15)6-1-8(13)4-9(14)2-6/h1-5,11H,15H2. The summed E-state index contributed by atoms with van der Waals surface area (Å²) in [5.41, 5.74) is 7.19. The van der Waals surface area contributed by atoms with Crippen LogP contribution in [0.4, 0.5) is 8.78 Å². The average Bonchev–Trinajstić information content (AvgIpc) is 2.62. The predicted octanol–water partition coefficient (Wildman–Crippen LogP) is 3.84. The second-order valence-corrected chi connectivity index (χ2v) is 5.66. The van der Waals surface area contributed by atoms with Crippen LogP contribution in [0.1, 0.15) is 17.2 Å². The molecule has 0 radical (unpaired) electrons. The summed E-state index contributed by atoms with van der Waals surface area (Å²) in [7, 11) is 0. The number of nitrogens with two attached hydrogens (primary N) is 1. The summed E-state index contributed by atoms with van der Waals surface area (Å²) in [6, 6.07) is 4.67. The van der Waals surface area contributed by atoms with E-state index in [1.807, 2.05) is 11.4 Å². The molecule has 1 aromatic heterocycles. The highest BCUT2D eigenvalue weighted by Gasteiger charge is 2.12. The van der Waals surface area contributed by atoms with Gasteiger partial charge in [0.1, 0.15) is 11.6 Å². The Hall–Kier alpha value is -0.780. The number of hydrogen-bond donors (Lipinski definition) is 1. The van der Waals surface area contributed by atoms with Gasteiger partial charge in [-0.3, -0.25) is 0 Å². The van der Waals surface area contributed by atoms with Crippen LogP contribution >= 0.6 is 27.3 Å². The van der Waals surface area contributed by atoms with Gasteiger partial charge >= 0.3 is 0 Å². The lowest BCUT2D eigenvalue weighted by molar-refractivity contribution is 0.577. The third-order valence-corrected chi connectivity index (χ3v) is 3.71. The van der Waals surface area contributed by atoms with E-state index in [1.165, 1.54) is 23.5 Å². The lowest BCUT2D eigenvalue weighted by Gasteiger charge is -2.10. The SMILES string of the molecule is NC(c1cc(F)cc(F)c1)c1csc(Br)c1. The highest BCUT2D eigenvalue weighted by atomic mass is 79.9. The lowest BCUT2D eigenvalue weighted by Crippen LogP contribution is -2.11. The zero-order valence-electron chi connectivity index (χ0n) is 8.08. The maximum Gasteiger partial charge on any atom is 0.126 e. The third kappa shape index (κ3) is 2.48. The fourth-order valence-electron chi connectivity index (χ4n) is 1.43. The van der Waals surface area contributed by atoms with E-state index in [4.69, 9.17) is 5.73 Å². The second-order valence-electron chi connectivity index (χ2n) is 3.36. The Morgan fingerprint density at radius 1 is 1.06 bits per heavy atom. The van der Waals surface area contributed by atoms with Crippen molar-refractivity contribution >= 4 is 27.3 Å². The van der Waals surface area contributed by atoms with Crippen molar-refractivity contribution in [3.8, 4) is 0 Å². The minimum atomic E-state index is -0.611. The van der Waals surface area contributed by atoms with Gasteiger partial charge in [0.2, 0.25) is 0 Å². The zero-order chi connectivity index (χ0) is 11.7. The second kappa shape index (κ2) is 4.61. The van der Waals surface area contributed by atoms with Crippen LogP contribution in [0.3, 0.4) is 0 Å². The van der Waals surface area contributed by atoms with E-state index in [-0.39, 0.29) is 0 Å². The van der Waals surface area contributed by atoms with Crippen LogP contribution in [0.5, 0.6) is 0 Å². The first kappa shape index (κ1) is 11.7. The van der Waals surface area contributed by atoms with Gasteiger partial charge in [-0.1, -0.05) is 0 Å². The molecule has 0 amide bonds. The van der Waals surface area contributed by atoms with E-state index < -0.39 is 17.7 Å². The van der Waals surface area contributed by atoms with E-state index >= 15 is 0 Å². The number of thiophene rings is 1. The molecule has 5 heteroatoms. The van der Waals surface area contributed by atoms with Gasteiger partial charge in [-0.05, 0) is 50.6 Å². The van der Waals surface area contributed by atoms with Crippen LogP contribution in [0.25, 0.3) is 0 Å². The van der Waals surface area contributed by atoms with Crippen molar-refractivity contribution in [1.82, 2.24) is 0 Å². The minimum absolute atomic E-state index is 0.433. The molecule has 1 aromatic carbocycles. The summed E-state index contributed by atoms with van der Waals surface area (Å²) >= 11 is 4.80. The molecule has 0 saturated heterocycles. The average molecular weight is 304 g/mol. The number of benzene rings is 1. The zero-order valence-corrected chi connectivity index (χ0v) is 10.5. The first-order valence-corrected chi connectivity index (χ1v) is 6.19. The molecule has 0 aliphatic rings. The molecule has 0 aliphatic heterocycles. The molecule has 1 nitrogen and oxygen atoms in total. The largest absolute Gasteiger partial charge is 0.320 e. The predicted molar refractivity (Wildman–Crippen MR) is 64.4 cm³/mol. The smallest absolute Gasteiger partial charge is 0.126 e. The van der Waals surface area contributed by atoms with Gasteiger partial charge in [-0.15, -0.1) is 11.3 Å². The summed E-state index contributed by atoms with van der Waals surface area (Å²) in [4.78, 5) is 0. The maximum atomic E-state index is 13.0. The Bertz CT molecular complexity index is 492. The Morgan fingerprint density at radius 2 is 1.69 bits per heavy atom. The van der Waals surface area contributed by atoms with Gasteiger partial charge in [-0.25, -0.2) is 8.78 Å². The van der Waals surface area contributed by atoms with Crippen molar-refractivity contribution in [3.63, 3.8) is 0 Å². The van der Waals surface area contributed by atoms with Crippen LogP contribution in [-0.4, -0.2) is 0 Å². The molecular weight excluding hydrogens is 296 g/mol. The fraction of sp³-hybridized carbons (Fsp3) is 0.0909. The Balaban J connectivity index is 2.37. The van der Waals surface area contributed by atoms with E-state index in [2.05, 4.69) is 15.9 Å². The summed E-state index contributed by atoms with van der Waals surface area (Å²) in [6.07, 6.45) is 0. The number of halogens is 3. The van der Waals surface area contributed by atoms with E-state index in [0.29, 0.717) is 5.56 Å². The molecule has 0 saturated carbocycles. The maximum absolute atomic E-state index is 13.0. The van der Waals surface area contributed by atoms with E-state index in [1.54, 1.807) is 0 Å². The Morgan fingerprint density at radius 3 is 2.19 bits per heavy atom. The first-order valence-electron chi connectivity index (χ1n) is 4.52. The Kier molecular flexibility index (Phi) is 3.37. The molecule has 0 spiro atoms. The van der Waals surface area contributed by atoms with Crippen LogP contribution in [0.15, 0.2) is 33.4 Å². The van der Waals surface area contributed by atoms with Crippen molar-refractivity contribution in [2.24, 2.45) is 5.73 Å². The van der Waals surface area contributed by atoms with Gasteiger partial charge < -0.3 is 5.73 Å². The molecule has 2 aromatic rings. The van der Waals surface area contributed by atoms with Gasteiger partial charge in [0.15, 0.2) is 0 Å². The number of rotatable bonds is 2. The van der Waals surface area contributed by atoms with Gasteiger partial charge in [0.25, 0.3) is 0 Å². The lowest BCUT2D eigenvalue weighted by atomic mass is 10.0. The van der Waals surface area contributed by atoms with Crippen molar-refractivity contribution < 1.29 is 8.78 Å². The highest BCUT2D eigenvalue weighted by molar-refractivity contribution is 9.11. The summed E-state index contributed by atoms with van der Waals surface area (Å²) < 4.78 is 27.0. The molecule has 0 bridgehead atoms. The monoisotopic (exact) mass is 303 g/mol. The molecule has 1 heterocycles. The third-order valence-electron chi connectivity index (χ3n) is 2.19. The van der Waals surface area contributed by atoms with Crippen LogP contribution in [-0.2, 0) is 0 Å². The van der Waals surface area contributed by atoms with Gasteiger partial charge in [0, 0.05) is 6.07 Å². The van der Waals surface area contributed by atoms with E-state index in [0.717, 1.165) is 15.4 Å². The molecule has 16 heavy (non-hydrogen) atoms. The quantitative estimate of drug-likeness (QED) is 0.896. The molecule has 0 fully saturated rings. The topological polar surface area (TPSA) is 26.0 Å². The highest BCUT2D eigenvalue weighted by Crippen LogP contribution is 2.28. The summed E-state index contributed by atoms with van der Waals surface area (Å²) in [5, 5.41) is 1.86. The fourth-order valence-corrected chi connectivity index (χ4v) is 2.65. The normalized spacial score (nSPS) is 12.8. The van der Waals surface area contributed by atoms with Crippen molar-refractivity contribution in [3.05, 3.63) is 56.2 Å². The molecular formula is C11H8BrF2NS. The van der Waals surface area contributed by atoms with Crippen molar-refractivity contribution in [2.45, 2.75) is 6.04 Å². The summed E-state index contributed by atoms with van der Waals surface area (Å²) in [5.74, 6) is -1.22. The van der Waals surface area contributed by atoms with Crippen molar-refractivity contribution in [2.75, 3.05) is 0 Å². The van der Waals surface area contributed by atoms with Crippen LogP contribution < -0.4 is 5.73 Å².